The molecule has 5 nitrogen and oxygen atoms in total. The van der Waals surface area contributed by atoms with E-state index in [-0.39, 0.29) is 17.9 Å². The summed E-state index contributed by atoms with van der Waals surface area (Å²) in [6.45, 7) is 2.44. The number of fused-ring (bicyclic) bond motifs is 2. The number of hydrogen-bond acceptors (Lipinski definition) is 2. The maximum absolute atomic E-state index is 13.1. The number of aryl methyl sites for hydroxylation is 1. The van der Waals surface area contributed by atoms with E-state index in [1.165, 1.54) is 0 Å². The van der Waals surface area contributed by atoms with Crippen molar-refractivity contribution in [2.45, 2.75) is 19.4 Å². The fourth-order valence-electron chi connectivity index (χ4n) is 4.00. The largest absolute Gasteiger partial charge is 0.358 e. The first-order valence-electron chi connectivity index (χ1n) is 9.16. The van der Waals surface area contributed by atoms with Crippen molar-refractivity contribution in [2.75, 3.05) is 20.6 Å². The zero-order valence-corrected chi connectivity index (χ0v) is 15.8. The van der Waals surface area contributed by atoms with Gasteiger partial charge in [0, 0.05) is 54.8 Å². The van der Waals surface area contributed by atoms with Crippen molar-refractivity contribution in [1.29, 1.82) is 0 Å². The summed E-state index contributed by atoms with van der Waals surface area (Å²) in [6, 6.07) is 15.7. The van der Waals surface area contributed by atoms with E-state index >= 15 is 0 Å². The molecule has 1 atom stereocenters. The Morgan fingerprint density at radius 3 is 2.59 bits per heavy atom. The van der Waals surface area contributed by atoms with E-state index in [2.05, 4.69) is 17.1 Å². The minimum absolute atomic E-state index is 0.00756. The van der Waals surface area contributed by atoms with Crippen molar-refractivity contribution in [1.82, 2.24) is 14.8 Å². The molecule has 3 aromatic rings. The zero-order valence-electron chi connectivity index (χ0n) is 15.8. The van der Waals surface area contributed by atoms with E-state index in [1.807, 2.05) is 48.2 Å². The predicted molar refractivity (Wildman–Crippen MR) is 106 cm³/mol. The second-order valence-electron chi connectivity index (χ2n) is 7.24. The van der Waals surface area contributed by atoms with Crippen LogP contribution in [0.4, 0.5) is 0 Å². The first-order chi connectivity index (χ1) is 13.0. The summed E-state index contributed by atoms with van der Waals surface area (Å²) < 4.78 is 0. The summed E-state index contributed by atoms with van der Waals surface area (Å²) in [6.07, 6.45) is 0.310. The summed E-state index contributed by atoms with van der Waals surface area (Å²) in [4.78, 5) is 32.1. The first-order valence-corrected chi connectivity index (χ1v) is 9.16. The normalized spacial score (nSPS) is 16.0. The van der Waals surface area contributed by atoms with Crippen molar-refractivity contribution >= 4 is 22.7 Å². The minimum Gasteiger partial charge on any atom is -0.358 e. The summed E-state index contributed by atoms with van der Waals surface area (Å²) in [5, 5.41) is 1.12. The number of para-hydroxylation sites is 1. The Morgan fingerprint density at radius 2 is 1.81 bits per heavy atom. The van der Waals surface area contributed by atoms with Gasteiger partial charge >= 0.3 is 0 Å². The molecule has 1 N–H and O–H groups in total. The number of benzene rings is 2. The number of amides is 2. The van der Waals surface area contributed by atoms with Gasteiger partial charge in [-0.2, -0.15) is 0 Å². The lowest BCUT2D eigenvalue weighted by molar-refractivity contribution is -0.128. The predicted octanol–water partition coefficient (Wildman–Crippen LogP) is 3.50. The Hall–Kier alpha value is -3.08. The molecule has 4 rings (SSSR count). The molecular weight excluding hydrogens is 338 g/mol. The van der Waals surface area contributed by atoms with E-state index in [9.17, 15) is 9.59 Å². The SMILES string of the molecule is Cc1[nH]c2ccccc2c1C1c2ccccc2C(=O)N1CCC(=O)N(C)C. The average Bonchev–Trinajstić information content (AvgIpc) is 3.13. The van der Waals surface area contributed by atoms with Gasteiger partial charge in [0.2, 0.25) is 5.91 Å². The van der Waals surface area contributed by atoms with Gasteiger partial charge in [0.05, 0.1) is 6.04 Å². The van der Waals surface area contributed by atoms with Crippen LogP contribution in [0.3, 0.4) is 0 Å². The highest BCUT2D eigenvalue weighted by atomic mass is 16.2. The number of nitrogens with one attached hydrogen (secondary N) is 1. The summed E-state index contributed by atoms with van der Waals surface area (Å²) >= 11 is 0. The highest BCUT2D eigenvalue weighted by Gasteiger charge is 2.39. The molecular formula is C22H23N3O2. The highest BCUT2D eigenvalue weighted by Crippen LogP contribution is 2.42. The molecule has 1 aromatic heterocycles. The van der Waals surface area contributed by atoms with E-state index < -0.39 is 0 Å². The van der Waals surface area contributed by atoms with Crippen molar-refractivity contribution in [3.8, 4) is 0 Å². The molecule has 0 radical (unpaired) electrons. The molecule has 0 fully saturated rings. The Morgan fingerprint density at radius 1 is 1.11 bits per heavy atom. The fraction of sp³-hybridized carbons (Fsp3) is 0.273. The summed E-state index contributed by atoms with van der Waals surface area (Å²) in [5.74, 6) is 0.0139. The molecule has 0 spiro atoms. The third kappa shape index (κ3) is 2.79. The Bertz CT molecular complexity index is 1030. The van der Waals surface area contributed by atoms with Gasteiger partial charge in [0.1, 0.15) is 0 Å². The van der Waals surface area contributed by atoms with Gasteiger partial charge in [-0.05, 0) is 24.6 Å². The third-order valence-corrected chi connectivity index (χ3v) is 5.34. The lowest BCUT2D eigenvalue weighted by atomic mass is 9.95. The fourth-order valence-corrected chi connectivity index (χ4v) is 4.00. The van der Waals surface area contributed by atoms with Gasteiger partial charge in [0.25, 0.3) is 5.91 Å². The molecule has 1 aliphatic rings. The second kappa shape index (κ2) is 6.58. The van der Waals surface area contributed by atoms with Crippen molar-refractivity contribution in [3.63, 3.8) is 0 Å². The van der Waals surface area contributed by atoms with E-state index in [0.717, 1.165) is 33.3 Å². The van der Waals surface area contributed by atoms with Crippen molar-refractivity contribution in [3.05, 3.63) is 70.9 Å². The summed E-state index contributed by atoms with van der Waals surface area (Å²) in [5.41, 5.74) is 4.96. The lowest BCUT2D eigenvalue weighted by Gasteiger charge is -2.26. The molecule has 2 heterocycles. The molecule has 5 heteroatoms. The Balaban J connectivity index is 1.82. The van der Waals surface area contributed by atoms with Crippen molar-refractivity contribution < 1.29 is 9.59 Å². The standard InChI is InChI=1S/C22H23N3O2/c1-14-20(17-10-6-7-11-18(17)23-14)21-15-8-4-5-9-16(15)22(27)25(21)13-12-19(26)24(2)3/h4-11,21,23H,12-13H2,1-3H3. The Labute approximate surface area is 158 Å². The van der Waals surface area contributed by atoms with Crippen LogP contribution < -0.4 is 0 Å². The summed E-state index contributed by atoms with van der Waals surface area (Å²) in [7, 11) is 3.48. The number of carbonyl (C=O) groups is 2. The van der Waals surface area contributed by atoms with Crippen LogP contribution in [0.25, 0.3) is 10.9 Å². The number of rotatable bonds is 4. The molecule has 0 aliphatic carbocycles. The topological polar surface area (TPSA) is 56.4 Å². The van der Waals surface area contributed by atoms with Gasteiger partial charge in [-0.3, -0.25) is 9.59 Å². The number of aromatic nitrogens is 1. The average molecular weight is 361 g/mol. The molecule has 0 saturated heterocycles. The maximum atomic E-state index is 13.1. The Kier molecular flexibility index (Phi) is 4.22. The molecule has 2 amide bonds. The number of carbonyl (C=O) groups excluding carboxylic acids is 2. The van der Waals surface area contributed by atoms with Crippen LogP contribution in [0.2, 0.25) is 0 Å². The number of hydrogen-bond donors (Lipinski definition) is 1. The van der Waals surface area contributed by atoms with Crippen LogP contribution in [0, 0.1) is 6.92 Å². The van der Waals surface area contributed by atoms with Crippen molar-refractivity contribution in [2.24, 2.45) is 0 Å². The zero-order chi connectivity index (χ0) is 19.1. The van der Waals surface area contributed by atoms with Crippen LogP contribution in [-0.4, -0.2) is 47.2 Å². The molecule has 27 heavy (non-hydrogen) atoms. The van der Waals surface area contributed by atoms with Gasteiger partial charge in [-0.1, -0.05) is 36.4 Å². The lowest BCUT2D eigenvalue weighted by Crippen LogP contribution is -2.33. The minimum atomic E-state index is -0.181. The molecule has 138 valence electrons. The molecule has 2 aromatic carbocycles. The first kappa shape index (κ1) is 17.3. The third-order valence-electron chi connectivity index (χ3n) is 5.34. The number of aromatic amines is 1. The highest BCUT2D eigenvalue weighted by molar-refractivity contribution is 6.01. The smallest absolute Gasteiger partial charge is 0.255 e. The monoisotopic (exact) mass is 361 g/mol. The van der Waals surface area contributed by atoms with Crippen LogP contribution >= 0.6 is 0 Å². The molecule has 1 aliphatic heterocycles. The molecule has 1 unspecified atom stereocenters. The van der Waals surface area contributed by atoms with E-state index in [0.29, 0.717) is 13.0 Å². The quantitative estimate of drug-likeness (QED) is 0.773. The van der Waals surface area contributed by atoms with Crippen LogP contribution in [0.15, 0.2) is 48.5 Å². The van der Waals surface area contributed by atoms with Gasteiger partial charge in [0.15, 0.2) is 0 Å². The number of nitrogens with zero attached hydrogens (tertiary/aromatic N) is 2. The van der Waals surface area contributed by atoms with Gasteiger partial charge < -0.3 is 14.8 Å². The van der Waals surface area contributed by atoms with E-state index in [1.54, 1.807) is 19.0 Å². The molecule has 0 bridgehead atoms. The second-order valence-corrected chi connectivity index (χ2v) is 7.24. The number of H-pyrrole nitrogens is 1. The maximum Gasteiger partial charge on any atom is 0.255 e. The molecule has 0 saturated carbocycles. The van der Waals surface area contributed by atoms with Crippen LogP contribution in [0.5, 0.6) is 0 Å². The van der Waals surface area contributed by atoms with Crippen LogP contribution in [0.1, 0.15) is 39.6 Å². The van der Waals surface area contributed by atoms with Gasteiger partial charge in [-0.25, -0.2) is 0 Å². The van der Waals surface area contributed by atoms with Gasteiger partial charge in [-0.15, -0.1) is 0 Å². The van der Waals surface area contributed by atoms with Crippen LogP contribution in [-0.2, 0) is 4.79 Å². The van der Waals surface area contributed by atoms with E-state index in [4.69, 9.17) is 0 Å².